The van der Waals surface area contributed by atoms with Crippen LogP contribution in [0.25, 0.3) is 0 Å². The molecule has 4 nitrogen and oxygen atoms in total. The standard InChI is InChI=1S/C19H16ClFN4/c1-12-10-13-4-2-3-5-17(13)25(12)19-22-9-8-18(24-19)23-14-6-7-16(21)15(20)11-14/h2-9,11-12H,10H2,1H3,(H,22,23,24). The average Bonchev–Trinajstić information content (AvgIpc) is 2.94. The predicted octanol–water partition coefficient (Wildman–Crippen LogP) is 5.10. The Morgan fingerprint density at radius 2 is 2.04 bits per heavy atom. The molecule has 0 fully saturated rings. The second-order valence-electron chi connectivity index (χ2n) is 6.05. The van der Waals surface area contributed by atoms with Crippen LogP contribution in [-0.2, 0) is 6.42 Å². The van der Waals surface area contributed by atoms with Gasteiger partial charge in [-0.3, -0.25) is 0 Å². The molecule has 3 aromatic rings. The largest absolute Gasteiger partial charge is 0.340 e. The molecule has 126 valence electrons. The Labute approximate surface area is 150 Å². The van der Waals surface area contributed by atoms with Gasteiger partial charge in [0.2, 0.25) is 5.95 Å². The van der Waals surface area contributed by atoms with Gasteiger partial charge in [0.1, 0.15) is 11.6 Å². The van der Waals surface area contributed by atoms with Gasteiger partial charge in [0.05, 0.1) is 5.02 Å². The van der Waals surface area contributed by atoms with Gasteiger partial charge < -0.3 is 10.2 Å². The van der Waals surface area contributed by atoms with Gasteiger partial charge in [-0.1, -0.05) is 29.8 Å². The summed E-state index contributed by atoms with van der Waals surface area (Å²) < 4.78 is 13.3. The molecule has 1 N–H and O–H groups in total. The molecular weight excluding hydrogens is 339 g/mol. The lowest BCUT2D eigenvalue weighted by Crippen LogP contribution is -2.25. The van der Waals surface area contributed by atoms with Gasteiger partial charge in [-0.05, 0) is 49.2 Å². The van der Waals surface area contributed by atoms with Crippen molar-refractivity contribution in [3.05, 3.63) is 71.1 Å². The predicted molar refractivity (Wildman–Crippen MR) is 98.5 cm³/mol. The van der Waals surface area contributed by atoms with E-state index in [2.05, 4.69) is 39.2 Å². The van der Waals surface area contributed by atoms with Crippen LogP contribution in [0.15, 0.2) is 54.7 Å². The third-order valence-electron chi connectivity index (χ3n) is 4.26. The number of aromatic nitrogens is 2. The van der Waals surface area contributed by atoms with Crippen molar-refractivity contribution in [1.82, 2.24) is 9.97 Å². The molecule has 0 radical (unpaired) electrons. The van der Waals surface area contributed by atoms with Crippen LogP contribution in [0.3, 0.4) is 0 Å². The van der Waals surface area contributed by atoms with Crippen LogP contribution in [-0.4, -0.2) is 16.0 Å². The highest BCUT2D eigenvalue weighted by molar-refractivity contribution is 6.31. The second-order valence-corrected chi connectivity index (χ2v) is 6.45. The van der Waals surface area contributed by atoms with E-state index >= 15 is 0 Å². The monoisotopic (exact) mass is 354 g/mol. The number of halogens is 2. The summed E-state index contributed by atoms with van der Waals surface area (Å²) in [7, 11) is 0. The van der Waals surface area contributed by atoms with Crippen LogP contribution in [0, 0.1) is 5.82 Å². The first-order chi connectivity index (χ1) is 12.1. The van der Waals surface area contributed by atoms with E-state index in [0.717, 1.165) is 12.1 Å². The number of fused-ring (bicyclic) bond motifs is 1. The normalized spacial score (nSPS) is 16.0. The number of nitrogens with one attached hydrogen (secondary N) is 1. The van der Waals surface area contributed by atoms with Gasteiger partial charge in [0, 0.05) is 23.6 Å². The molecule has 0 spiro atoms. The van der Waals surface area contributed by atoms with Crippen LogP contribution in [0.2, 0.25) is 5.02 Å². The molecule has 1 aromatic heterocycles. The van der Waals surface area contributed by atoms with Crippen LogP contribution in [0.4, 0.5) is 27.5 Å². The number of rotatable bonds is 3. The number of para-hydroxylation sites is 1. The number of anilines is 4. The van der Waals surface area contributed by atoms with Crippen LogP contribution >= 0.6 is 11.6 Å². The molecule has 6 heteroatoms. The first-order valence-corrected chi connectivity index (χ1v) is 8.42. The number of nitrogens with zero attached hydrogens (tertiary/aromatic N) is 3. The van der Waals surface area contributed by atoms with E-state index in [0.29, 0.717) is 17.5 Å². The van der Waals surface area contributed by atoms with Crippen molar-refractivity contribution < 1.29 is 4.39 Å². The lowest BCUT2D eigenvalue weighted by Gasteiger charge is -2.23. The number of hydrogen-bond acceptors (Lipinski definition) is 4. The molecule has 0 bridgehead atoms. The molecule has 25 heavy (non-hydrogen) atoms. The van der Waals surface area contributed by atoms with Gasteiger partial charge in [-0.2, -0.15) is 4.98 Å². The molecule has 1 unspecified atom stereocenters. The summed E-state index contributed by atoms with van der Waals surface area (Å²) in [6, 6.07) is 14.8. The van der Waals surface area contributed by atoms with Gasteiger partial charge in [0.15, 0.2) is 0 Å². The molecule has 2 heterocycles. The fraction of sp³-hybridized carbons (Fsp3) is 0.158. The molecule has 0 saturated heterocycles. The van der Waals surface area contributed by atoms with E-state index in [9.17, 15) is 4.39 Å². The Morgan fingerprint density at radius 1 is 1.20 bits per heavy atom. The SMILES string of the molecule is CC1Cc2ccccc2N1c1nccc(Nc2ccc(F)c(Cl)c2)n1. The van der Waals surface area contributed by atoms with Crippen molar-refractivity contribution in [3.63, 3.8) is 0 Å². The lowest BCUT2D eigenvalue weighted by molar-refractivity contribution is 0.628. The van der Waals surface area contributed by atoms with Crippen LogP contribution in [0.5, 0.6) is 0 Å². The topological polar surface area (TPSA) is 41.1 Å². The van der Waals surface area contributed by atoms with E-state index < -0.39 is 5.82 Å². The Hall–Kier alpha value is -2.66. The number of hydrogen-bond donors (Lipinski definition) is 1. The fourth-order valence-corrected chi connectivity index (χ4v) is 3.31. The zero-order valence-corrected chi connectivity index (χ0v) is 14.3. The van der Waals surface area contributed by atoms with Crippen molar-refractivity contribution in [3.8, 4) is 0 Å². The highest BCUT2D eigenvalue weighted by Gasteiger charge is 2.28. The molecule has 1 aliphatic rings. The van der Waals surface area contributed by atoms with Crippen molar-refractivity contribution in [2.24, 2.45) is 0 Å². The maximum absolute atomic E-state index is 13.3. The van der Waals surface area contributed by atoms with Crippen molar-refractivity contribution in [2.75, 3.05) is 10.2 Å². The highest BCUT2D eigenvalue weighted by atomic mass is 35.5. The van der Waals surface area contributed by atoms with Crippen molar-refractivity contribution in [1.29, 1.82) is 0 Å². The minimum absolute atomic E-state index is 0.0707. The fourth-order valence-electron chi connectivity index (χ4n) is 3.13. The average molecular weight is 355 g/mol. The molecule has 1 atom stereocenters. The molecule has 4 rings (SSSR count). The van der Waals surface area contributed by atoms with E-state index in [1.165, 1.54) is 17.7 Å². The summed E-state index contributed by atoms with van der Waals surface area (Å²) in [5, 5.41) is 3.22. The summed E-state index contributed by atoms with van der Waals surface area (Å²) in [6.07, 6.45) is 2.67. The Bertz CT molecular complexity index is 931. The molecule has 0 amide bonds. The first-order valence-electron chi connectivity index (χ1n) is 8.04. The minimum Gasteiger partial charge on any atom is -0.340 e. The van der Waals surface area contributed by atoms with E-state index in [-0.39, 0.29) is 11.1 Å². The summed E-state index contributed by atoms with van der Waals surface area (Å²) in [5.41, 5.74) is 3.10. The molecule has 0 saturated carbocycles. The number of benzene rings is 2. The van der Waals surface area contributed by atoms with E-state index in [4.69, 9.17) is 11.6 Å². The third-order valence-corrected chi connectivity index (χ3v) is 4.55. The van der Waals surface area contributed by atoms with Crippen LogP contribution in [0.1, 0.15) is 12.5 Å². The first kappa shape index (κ1) is 15.8. The van der Waals surface area contributed by atoms with Gasteiger partial charge in [-0.15, -0.1) is 0 Å². The summed E-state index contributed by atoms with van der Waals surface area (Å²) >= 11 is 5.83. The van der Waals surface area contributed by atoms with E-state index in [1.54, 1.807) is 18.3 Å². The van der Waals surface area contributed by atoms with Gasteiger partial charge >= 0.3 is 0 Å². The molecule has 2 aromatic carbocycles. The lowest BCUT2D eigenvalue weighted by atomic mass is 10.1. The smallest absolute Gasteiger partial charge is 0.232 e. The molecular formula is C19H16ClFN4. The molecule has 1 aliphatic heterocycles. The zero-order valence-electron chi connectivity index (χ0n) is 13.6. The molecule has 0 aliphatic carbocycles. The highest BCUT2D eigenvalue weighted by Crippen LogP contribution is 2.36. The zero-order chi connectivity index (χ0) is 17.4. The van der Waals surface area contributed by atoms with Gasteiger partial charge in [-0.25, -0.2) is 9.37 Å². The second kappa shape index (κ2) is 6.33. The summed E-state index contributed by atoms with van der Waals surface area (Å²) in [5.74, 6) is 0.818. The Balaban J connectivity index is 1.65. The Kier molecular flexibility index (Phi) is 4.01. The maximum Gasteiger partial charge on any atom is 0.232 e. The summed E-state index contributed by atoms with van der Waals surface area (Å²) in [6.45, 7) is 2.16. The van der Waals surface area contributed by atoms with E-state index in [1.807, 2.05) is 12.1 Å². The maximum atomic E-state index is 13.3. The van der Waals surface area contributed by atoms with Crippen molar-refractivity contribution in [2.45, 2.75) is 19.4 Å². The minimum atomic E-state index is -0.446. The summed E-state index contributed by atoms with van der Waals surface area (Å²) in [4.78, 5) is 11.2. The Morgan fingerprint density at radius 3 is 2.88 bits per heavy atom. The van der Waals surface area contributed by atoms with Gasteiger partial charge in [0.25, 0.3) is 0 Å². The third kappa shape index (κ3) is 3.03. The van der Waals surface area contributed by atoms with Crippen molar-refractivity contribution >= 4 is 34.7 Å². The van der Waals surface area contributed by atoms with Crippen LogP contribution < -0.4 is 10.2 Å². The quantitative estimate of drug-likeness (QED) is 0.710.